The van der Waals surface area contributed by atoms with E-state index in [4.69, 9.17) is 0 Å². The van der Waals surface area contributed by atoms with Crippen molar-refractivity contribution in [2.75, 3.05) is 0 Å². The van der Waals surface area contributed by atoms with Gasteiger partial charge in [-0.1, -0.05) is 42.5 Å². The van der Waals surface area contributed by atoms with Gasteiger partial charge in [0.25, 0.3) is 0 Å². The number of hydrogen-bond donors (Lipinski definition) is 1. The predicted octanol–water partition coefficient (Wildman–Crippen LogP) is 3.81. The lowest BCUT2D eigenvalue weighted by Crippen LogP contribution is -2.22. The van der Waals surface area contributed by atoms with E-state index >= 15 is 0 Å². The standard InChI is InChI=1S/C21H13NO3/c1-22-15-9-5-4-8-13(15)18-19(22)21(25)17-12-7-3-2-6-11(12)16(23)10-14(17)20(18)24/h2-10,23H,1H3. The quantitative estimate of drug-likeness (QED) is 0.470. The van der Waals surface area contributed by atoms with Crippen molar-refractivity contribution in [1.29, 1.82) is 0 Å². The molecule has 0 amide bonds. The second kappa shape index (κ2) is 4.57. The Morgan fingerprint density at radius 1 is 0.800 bits per heavy atom. The highest BCUT2D eigenvalue weighted by Crippen LogP contribution is 2.39. The third-order valence-corrected chi connectivity index (χ3v) is 5.04. The average Bonchev–Trinajstić information content (AvgIpc) is 2.93. The highest BCUT2D eigenvalue weighted by molar-refractivity contribution is 6.35. The van der Waals surface area contributed by atoms with Crippen LogP contribution in [0.15, 0.2) is 54.6 Å². The molecule has 1 aliphatic rings. The van der Waals surface area contributed by atoms with Gasteiger partial charge in [0.2, 0.25) is 5.78 Å². The van der Waals surface area contributed by atoms with E-state index < -0.39 is 0 Å². The molecule has 25 heavy (non-hydrogen) atoms. The number of para-hydroxylation sites is 1. The fourth-order valence-electron chi connectivity index (χ4n) is 3.92. The molecule has 0 radical (unpaired) electrons. The Morgan fingerprint density at radius 3 is 2.20 bits per heavy atom. The average molecular weight is 327 g/mol. The number of aromatic nitrogens is 1. The van der Waals surface area contributed by atoms with E-state index in [0.29, 0.717) is 27.6 Å². The van der Waals surface area contributed by atoms with Crippen LogP contribution in [0.5, 0.6) is 5.75 Å². The van der Waals surface area contributed by atoms with Gasteiger partial charge < -0.3 is 9.67 Å². The molecule has 0 aliphatic heterocycles. The van der Waals surface area contributed by atoms with Crippen molar-refractivity contribution < 1.29 is 14.7 Å². The van der Waals surface area contributed by atoms with Crippen molar-refractivity contribution in [2.45, 2.75) is 0 Å². The maximum absolute atomic E-state index is 13.3. The monoisotopic (exact) mass is 327 g/mol. The number of benzene rings is 3. The highest BCUT2D eigenvalue weighted by atomic mass is 16.3. The first-order valence-electron chi connectivity index (χ1n) is 8.01. The van der Waals surface area contributed by atoms with E-state index in [1.54, 1.807) is 35.9 Å². The molecule has 0 unspecified atom stereocenters. The fraction of sp³-hybridized carbons (Fsp3) is 0.0476. The maximum atomic E-state index is 13.3. The molecule has 1 heterocycles. The molecular weight excluding hydrogens is 314 g/mol. The van der Waals surface area contributed by atoms with Crippen molar-refractivity contribution in [3.63, 3.8) is 0 Å². The molecule has 0 fully saturated rings. The van der Waals surface area contributed by atoms with Gasteiger partial charge in [0.05, 0.1) is 5.56 Å². The highest BCUT2D eigenvalue weighted by Gasteiger charge is 2.36. The number of nitrogens with zero attached hydrogens (tertiary/aromatic N) is 1. The number of hydrogen-bond acceptors (Lipinski definition) is 3. The van der Waals surface area contributed by atoms with E-state index in [2.05, 4.69) is 0 Å². The summed E-state index contributed by atoms with van der Waals surface area (Å²) >= 11 is 0. The summed E-state index contributed by atoms with van der Waals surface area (Å²) in [5.41, 5.74) is 2.32. The first-order chi connectivity index (χ1) is 12.1. The summed E-state index contributed by atoms with van der Waals surface area (Å²) in [5.74, 6) is -0.388. The number of aryl methyl sites for hydroxylation is 1. The van der Waals surface area contributed by atoms with E-state index in [9.17, 15) is 14.7 Å². The van der Waals surface area contributed by atoms with Crippen LogP contribution in [0.1, 0.15) is 32.0 Å². The summed E-state index contributed by atoms with van der Waals surface area (Å²) in [6.45, 7) is 0. The Labute approximate surface area is 142 Å². The van der Waals surface area contributed by atoms with Gasteiger partial charge in [-0.05, 0) is 17.5 Å². The number of rotatable bonds is 0. The number of fused-ring (bicyclic) bond motifs is 6. The van der Waals surface area contributed by atoms with Crippen LogP contribution in [-0.2, 0) is 7.05 Å². The Bertz CT molecular complexity index is 1250. The molecule has 120 valence electrons. The van der Waals surface area contributed by atoms with Gasteiger partial charge in [0.1, 0.15) is 11.4 Å². The maximum Gasteiger partial charge on any atom is 0.211 e. The van der Waals surface area contributed by atoms with Gasteiger partial charge in [0.15, 0.2) is 5.78 Å². The van der Waals surface area contributed by atoms with E-state index in [1.165, 1.54) is 6.07 Å². The predicted molar refractivity (Wildman–Crippen MR) is 95.4 cm³/mol. The Hall–Kier alpha value is -3.40. The normalized spacial score (nSPS) is 13.3. The van der Waals surface area contributed by atoms with Crippen LogP contribution < -0.4 is 0 Å². The number of phenolic OH excluding ortho intramolecular Hbond substituents is 1. The van der Waals surface area contributed by atoms with E-state index in [0.717, 1.165) is 10.9 Å². The van der Waals surface area contributed by atoms with Crippen LogP contribution in [0.3, 0.4) is 0 Å². The molecule has 1 N–H and O–H groups in total. The lowest BCUT2D eigenvalue weighted by molar-refractivity contribution is 0.0976. The summed E-state index contributed by atoms with van der Waals surface area (Å²) in [4.78, 5) is 26.5. The topological polar surface area (TPSA) is 59.3 Å². The molecule has 4 nitrogen and oxygen atoms in total. The minimum atomic E-state index is -0.220. The lowest BCUT2D eigenvalue weighted by Gasteiger charge is -2.18. The zero-order chi connectivity index (χ0) is 17.3. The van der Waals surface area contributed by atoms with Crippen LogP contribution in [0.25, 0.3) is 21.7 Å². The molecule has 4 aromatic rings. The molecule has 3 aromatic carbocycles. The fourth-order valence-corrected chi connectivity index (χ4v) is 3.92. The van der Waals surface area contributed by atoms with Crippen LogP contribution in [0.4, 0.5) is 0 Å². The zero-order valence-corrected chi connectivity index (χ0v) is 13.4. The first kappa shape index (κ1) is 14.0. The van der Waals surface area contributed by atoms with Gasteiger partial charge >= 0.3 is 0 Å². The van der Waals surface area contributed by atoms with Crippen molar-refractivity contribution in [3.05, 3.63) is 77.0 Å². The molecule has 1 aliphatic carbocycles. The van der Waals surface area contributed by atoms with Gasteiger partial charge in [-0.15, -0.1) is 0 Å². The van der Waals surface area contributed by atoms with Crippen LogP contribution in [-0.4, -0.2) is 21.2 Å². The molecule has 5 rings (SSSR count). The molecule has 0 spiro atoms. The van der Waals surface area contributed by atoms with Gasteiger partial charge in [-0.25, -0.2) is 0 Å². The summed E-state index contributed by atoms with van der Waals surface area (Å²) in [5, 5.41) is 12.3. The molecule has 0 bridgehead atoms. The van der Waals surface area contributed by atoms with Crippen LogP contribution in [0.2, 0.25) is 0 Å². The van der Waals surface area contributed by atoms with Gasteiger partial charge in [-0.3, -0.25) is 9.59 Å². The zero-order valence-electron chi connectivity index (χ0n) is 13.4. The summed E-state index contributed by atoms with van der Waals surface area (Å²) in [7, 11) is 1.81. The second-order valence-corrected chi connectivity index (χ2v) is 6.32. The van der Waals surface area contributed by atoms with Crippen LogP contribution in [0, 0.1) is 0 Å². The number of carbonyl (C=O) groups excluding carboxylic acids is 2. The molecule has 4 heteroatoms. The number of carbonyl (C=O) groups is 2. The van der Waals surface area contributed by atoms with E-state index in [1.807, 2.05) is 24.3 Å². The van der Waals surface area contributed by atoms with Gasteiger partial charge in [0, 0.05) is 34.5 Å². The third-order valence-electron chi connectivity index (χ3n) is 5.04. The number of phenols is 1. The molecule has 0 atom stereocenters. The van der Waals surface area contributed by atoms with Gasteiger partial charge in [-0.2, -0.15) is 0 Å². The summed E-state index contributed by atoms with van der Waals surface area (Å²) in [6.07, 6.45) is 0. The number of aromatic hydroxyl groups is 1. The molecule has 0 saturated carbocycles. The smallest absolute Gasteiger partial charge is 0.211 e. The van der Waals surface area contributed by atoms with Crippen LogP contribution >= 0.6 is 0 Å². The largest absolute Gasteiger partial charge is 0.507 e. The Balaban J connectivity index is 1.97. The molecule has 0 saturated heterocycles. The van der Waals surface area contributed by atoms with Crippen molar-refractivity contribution in [2.24, 2.45) is 7.05 Å². The molecular formula is C21H13NO3. The lowest BCUT2D eigenvalue weighted by atomic mass is 9.83. The minimum absolute atomic E-state index is 0.0131. The van der Waals surface area contributed by atoms with Crippen molar-refractivity contribution in [1.82, 2.24) is 4.57 Å². The Morgan fingerprint density at radius 2 is 1.44 bits per heavy atom. The first-order valence-corrected chi connectivity index (χ1v) is 8.01. The van der Waals surface area contributed by atoms with Crippen molar-refractivity contribution in [3.8, 4) is 5.75 Å². The second-order valence-electron chi connectivity index (χ2n) is 6.32. The number of ketones is 2. The molecule has 1 aromatic heterocycles. The SMILES string of the molecule is Cn1c2c(c3ccccc31)C(=O)c1cc(O)c3ccccc3c1C2=O. The summed E-state index contributed by atoms with van der Waals surface area (Å²) < 4.78 is 1.79. The minimum Gasteiger partial charge on any atom is -0.507 e. The van der Waals surface area contributed by atoms with Crippen molar-refractivity contribution >= 4 is 33.2 Å². The Kier molecular flexibility index (Phi) is 2.56. The van der Waals surface area contributed by atoms with E-state index in [-0.39, 0.29) is 22.9 Å². The third kappa shape index (κ3) is 1.61. The summed E-state index contributed by atoms with van der Waals surface area (Å²) in [6, 6.07) is 16.0.